The third-order valence-electron chi connectivity index (χ3n) is 4.60. The molecule has 4 aromatic rings. The molecule has 0 radical (unpaired) electrons. The van der Waals surface area contributed by atoms with Gasteiger partial charge in [0.1, 0.15) is 0 Å². The van der Waals surface area contributed by atoms with E-state index in [1.807, 2.05) is 49.4 Å². The second-order valence-electron chi connectivity index (χ2n) is 6.67. The molecule has 1 amide bonds. The Balaban J connectivity index is 1.41. The number of benzene rings is 2. The quantitative estimate of drug-likeness (QED) is 0.570. The Bertz CT molecular complexity index is 1220. The van der Waals surface area contributed by atoms with E-state index in [4.69, 9.17) is 0 Å². The first-order chi connectivity index (χ1) is 14.1. The van der Waals surface area contributed by atoms with Gasteiger partial charge in [-0.3, -0.25) is 14.2 Å². The minimum Gasteiger partial charge on any atom is -0.323 e. The lowest BCUT2D eigenvalue weighted by molar-refractivity contribution is -0.116. The Kier molecular flexibility index (Phi) is 5.11. The van der Waals surface area contributed by atoms with E-state index in [1.165, 1.54) is 10.9 Å². The molecule has 0 spiro atoms. The Hall–Kier alpha value is -3.87. The minimum absolute atomic E-state index is 0.138. The smallest absolute Gasteiger partial charge is 0.261 e. The number of nitrogens with zero attached hydrogens (tertiary/aromatic N) is 4. The fourth-order valence-electron chi connectivity index (χ4n) is 3.07. The maximum absolute atomic E-state index is 12.6. The molecule has 0 aliphatic heterocycles. The highest BCUT2D eigenvalue weighted by atomic mass is 16.2. The molecular weight excluding hydrogens is 366 g/mol. The van der Waals surface area contributed by atoms with Crippen LogP contribution in [0.3, 0.4) is 0 Å². The van der Waals surface area contributed by atoms with Crippen LogP contribution in [0.25, 0.3) is 22.3 Å². The van der Waals surface area contributed by atoms with Crippen LogP contribution in [0.5, 0.6) is 0 Å². The molecule has 0 fully saturated rings. The second-order valence-corrected chi connectivity index (χ2v) is 6.67. The number of anilines is 1. The molecule has 2 aromatic carbocycles. The molecule has 1 N–H and O–H groups in total. The predicted molar refractivity (Wildman–Crippen MR) is 111 cm³/mol. The van der Waals surface area contributed by atoms with Crippen LogP contribution in [0.4, 0.5) is 5.69 Å². The SMILES string of the molecule is Cc1cccc2c(=O)n(CCC(=O)Nc3cnc(-c4ccccc4)nc3)cnc12. The van der Waals surface area contributed by atoms with Crippen molar-refractivity contribution in [3.05, 3.63) is 83.2 Å². The average molecular weight is 385 g/mol. The molecule has 29 heavy (non-hydrogen) atoms. The molecule has 0 aliphatic rings. The van der Waals surface area contributed by atoms with Crippen molar-refractivity contribution in [2.45, 2.75) is 19.9 Å². The van der Waals surface area contributed by atoms with Crippen LogP contribution >= 0.6 is 0 Å². The highest BCUT2D eigenvalue weighted by Crippen LogP contribution is 2.15. The van der Waals surface area contributed by atoms with Gasteiger partial charge in [0, 0.05) is 18.5 Å². The van der Waals surface area contributed by atoms with Gasteiger partial charge in [0.15, 0.2) is 5.82 Å². The lowest BCUT2D eigenvalue weighted by Gasteiger charge is -2.08. The van der Waals surface area contributed by atoms with Gasteiger partial charge in [-0.2, -0.15) is 0 Å². The number of para-hydroxylation sites is 1. The van der Waals surface area contributed by atoms with Gasteiger partial charge < -0.3 is 5.32 Å². The molecule has 0 unspecified atom stereocenters. The number of aryl methyl sites for hydroxylation is 2. The summed E-state index contributed by atoms with van der Waals surface area (Å²) in [6.45, 7) is 2.15. The minimum atomic E-state index is -0.225. The zero-order chi connectivity index (χ0) is 20.2. The van der Waals surface area contributed by atoms with Crippen molar-refractivity contribution >= 4 is 22.5 Å². The second kappa shape index (κ2) is 8.02. The molecule has 7 nitrogen and oxygen atoms in total. The number of amides is 1. The molecule has 2 heterocycles. The number of aromatic nitrogens is 4. The fourth-order valence-corrected chi connectivity index (χ4v) is 3.07. The van der Waals surface area contributed by atoms with Crippen molar-refractivity contribution < 1.29 is 4.79 Å². The van der Waals surface area contributed by atoms with E-state index in [9.17, 15) is 9.59 Å². The predicted octanol–water partition coefficient (Wildman–Crippen LogP) is 3.19. The molecular formula is C22H19N5O2. The molecule has 144 valence electrons. The summed E-state index contributed by atoms with van der Waals surface area (Å²) in [5.74, 6) is 0.366. The van der Waals surface area contributed by atoms with E-state index >= 15 is 0 Å². The van der Waals surface area contributed by atoms with Crippen LogP contribution in [0.2, 0.25) is 0 Å². The summed E-state index contributed by atoms with van der Waals surface area (Å²) in [6.07, 6.45) is 4.77. The molecule has 2 aromatic heterocycles. The van der Waals surface area contributed by atoms with Gasteiger partial charge >= 0.3 is 0 Å². The zero-order valence-electron chi connectivity index (χ0n) is 15.9. The molecule has 7 heteroatoms. The third kappa shape index (κ3) is 4.03. The molecule has 0 atom stereocenters. The van der Waals surface area contributed by atoms with Crippen LogP contribution in [0.1, 0.15) is 12.0 Å². The van der Waals surface area contributed by atoms with Crippen molar-refractivity contribution in [3.63, 3.8) is 0 Å². The molecule has 0 bridgehead atoms. The third-order valence-corrected chi connectivity index (χ3v) is 4.60. The molecule has 0 aliphatic carbocycles. The van der Waals surface area contributed by atoms with Crippen LogP contribution in [0, 0.1) is 6.92 Å². The van der Waals surface area contributed by atoms with Gasteiger partial charge in [-0.15, -0.1) is 0 Å². The van der Waals surface area contributed by atoms with E-state index in [0.717, 1.165) is 11.1 Å². The topological polar surface area (TPSA) is 89.8 Å². The fraction of sp³-hybridized carbons (Fsp3) is 0.136. The molecule has 0 saturated carbocycles. The average Bonchev–Trinajstić information content (AvgIpc) is 2.75. The largest absolute Gasteiger partial charge is 0.323 e. The molecule has 0 saturated heterocycles. The summed E-state index contributed by atoms with van der Waals surface area (Å²) >= 11 is 0. The summed E-state index contributed by atoms with van der Waals surface area (Å²) in [7, 11) is 0. The molecule has 4 rings (SSSR count). The van der Waals surface area contributed by atoms with Crippen LogP contribution in [0.15, 0.2) is 72.0 Å². The van der Waals surface area contributed by atoms with E-state index in [1.54, 1.807) is 18.5 Å². The summed E-state index contributed by atoms with van der Waals surface area (Å²) in [6, 6.07) is 15.1. The van der Waals surface area contributed by atoms with E-state index in [-0.39, 0.29) is 24.4 Å². The van der Waals surface area contributed by atoms with Crippen molar-refractivity contribution in [2.24, 2.45) is 0 Å². The maximum Gasteiger partial charge on any atom is 0.261 e. The van der Waals surface area contributed by atoms with Crippen LogP contribution < -0.4 is 10.9 Å². The van der Waals surface area contributed by atoms with Gasteiger partial charge in [-0.05, 0) is 18.6 Å². The maximum atomic E-state index is 12.6. The van der Waals surface area contributed by atoms with Crippen LogP contribution in [-0.2, 0) is 11.3 Å². The van der Waals surface area contributed by atoms with Gasteiger partial charge in [0.2, 0.25) is 5.91 Å². The van der Waals surface area contributed by atoms with Gasteiger partial charge in [-0.25, -0.2) is 15.0 Å². The van der Waals surface area contributed by atoms with Crippen molar-refractivity contribution in [3.8, 4) is 11.4 Å². The number of rotatable bonds is 5. The van der Waals surface area contributed by atoms with E-state index in [0.29, 0.717) is 22.4 Å². The summed E-state index contributed by atoms with van der Waals surface area (Å²) in [5.41, 5.74) is 2.90. The normalized spacial score (nSPS) is 10.8. The van der Waals surface area contributed by atoms with Crippen molar-refractivity contribution in [1.82, 2.24) is 19.5 Å². The summed E-state index contributed by atoms with van der Waals surface area (Å²) < 4.78 is 1.45. The van der Waals surface area contributed by atoms with Crippen LogP contribution in [-0.4, -0.2) is 25.4 Å². The number of hydrogen-bond acceptors (Lipinski definition) is 5. The first-order valence-corrected chi connectivity index (χ1v) is 9.24. The number of carbonyl (C=O) groups excluding carboxylic acids is 1. The van der Waals surface area contributed by atoms with Crippen molar-refractivity contribution in [1.29, 1.82) is 0 Å². The first-order valence-electron chi connectivity index (χ1n) is 9.24. The standard InChI is InChI=1S/C22H19N5O2/c1-15-6-5-9-18-20(15)25-14-27(22(18)29)11-10-19(28)26-17-12-23-21(24-13-17)16-7-3-2-4-8-16/h2-9,12-14H,10-11H2,1H3,(H,26,28). The number of fused-ring (bicyclic) bond motifs is 1. The summed E-state index contributed by atoms with van der Waals surface area (Å²) in [5, 5.41) is 3.31. The lowest BCUT2D eigenvalue weighted by Crippen LogP contribution is -2.24. The van der Waals surface area contributed by atoms with Gasteiger partial charge in [0.05, 0.1) is 35.3 Å². The van der Waals surface area contributed by atoms with E-state index < -0.39 is 0 Å². The Morgan fingerprint density at radius 3 is 2.52 bits per heavy atom. The number of hydrogen-bond donors (Lipinski definition) is 1. The number of nitrogens with one attached hydrogen (secondary N) is 1. The summed E-state index contributed by atoms with van der Waals surface area (Å²) in [4.78, 5) is 37.8. The van der Waals surface area contributed by atoms with E-state index in [2.05, 4.69) is 20.3 Å². The Labute approximate surface area is 167 Å². The highest BCUT2D eigenvalue weighted by Gasteiger charge is 2.09. The van der Waals surface area contributed by atoms with Gasteiger partial charge in [-0.1, -0.05) is 42.5 Å². The lowest BCUT2D eigenvalue weighted by atomic mass is 10.1. The monoisotopic (exact) mass is 385 g/mol. The Morgan fingerprint density at radius 2 is 1.76 bits per heavy atom. The zero-order valence-corrected chi connectivity index (χ0v) is 15.9. The van der Waals surface area contributed by atoms with Gasteiger partial charge in [0.25, 0.3) is 5.56 Å². The first kappa shape index (κ1) is 18.5. The number of carbonyl (C=O) groups is 1. The highest BCUT2D eigenvalue weighted by molar-refractivity contribution is 5.90. The Morgan fingerprint density at radius 1 is 1.00 bits per heavy atom. The van der Waals surface area contributed by atoms with Crippen molar-refractivity contribution in [2.75, 3.05) is 5.32 Å².